The van der Waals surface area contributed by atoms with E-state index in [0.717, 1.165) is 6.42 Å². The number of hydrogen-bond acceptors (Lipinski definition) is 5. The zero-order valence-electron chi connectivity index (χ0n) is 12.0. The van der Waals surface area contributed by atoms with Gasteiger partial charge in [-0.05, 0) is 12.5 Å². The number of halogens is 1. The monoisotopic (exact) mass is 300 g/mol. The van der Waals surface area contributed by atoms with Gasteiger partial charge < -0.3 is 25.2 Å². The van der Waals surface area contributed by atoms with Crippen LogP contribution in [-0.2, 0) is 20.8 Å². The number of nitrogens with zero attached hydrogens (tertiary/aromatic N) is 1. The van der Waals surface area contributed by atoms with E-state index in [-0.39, 0.29) is 18.0 Å². The van der Waals surface area contributed by atoms with Crippen LogP contribution >= 0.6 is 0 Å². The van der Waals surface area contributed by atoms with E-state index in [9.17, 15) is 4.39 Å². The predicted octanol–water partition coefficient (Wildman–Crippen LogP) is 1.49. The first-order valence-electron chi connectivity index (χ1n) is 6.60. The molecule has 0 amide bonds. The van der Waals surface area contributed by atoms with Gasteiger partial charge in [0.05, 0.1) is 25.4 Å². The van der Waals surface area contributed by atoms with Crippen LogP contribution in [0.5, 0.6) is 0 Å². The SMILES string of the molecule is COCCCOCCOCc1cccc(/C(N)=N/O)c1F. The molecule has 1 aromatic carbocycles. The molecule has 0 aromatic heterocycles. The minimum absolute atomic E-state index is 0.0504. The molecule has 1 aromatic rings. The number of hydrogen-bond donors (Lipinski definition) is 2. The van der Waals surface area contributed by atoms with E-state index >= 15 is 0 Å². The molecule has 0 atom stereocenters. The van der Waals surface area contributed by atoms with Crippen LogP contribution in [0.25, 0.3) is 0 Å². The number of nitrogens with two attached hydrogens (primary N) is 1. The molecule has 0 aliphatic heterocycles. The van der Waals surface area contributed by atoms with Crippen LogP contribution in [0.3, 0.4) is 0 Å². The van der Waals surface area contributed by atoms with Gasteiger partial charge >= 0.3 is 0 Å². The van der Waals surface area contributed by atoms with Crippen LogP contribution in [0.15, 0.2) is 23.4 Å². The summed E-state index contributed by atoms with van der Waals surface area (Å²) in [4.78, 5) is 0. The van der Waals surface area contributed by atoms with Crippen molar-refractivity contribution in [3.05, 3.63) is 35.1 Å². The molecule has 7 heteroatoms. The Morgan fingerprint density at radius 1 is 1.24 bits per heavy atom. The first-order valence-corrected chi connectivity index (χ1v) is 6.60. The average Bonchev–Trinajstić information content (AvgIpc) is 2.50. The van der Waals surface area contributed by atoms with Crippen LogP contribution in [0, 0.1) is 5.82 Å². The molecule has 21 heavy (non-hydrogen) atoms. The molecule has 118 valence electrons. The molecule has 0 spiro atoms. The number of rotatable bonds is 10. The summed E-state index contributed by atoms with van der Waals surface area (Å²) in [6, 6.07) is 4.64. The van der Waals surface area contributed by atoms with Gasteiger partial charge in [0.1, 0.15) is 5.82 Å². The van der Waals surface area contributed by atoms with Gasteiger partial charge in [0, 0.05) is 25.9 Å². The van der Waals surface area contributed by atoms with Crippen LogP contribution < -0.4 is 5.73 Å². The molecule has 0 radical (unpaired) electrons. The van der Waals surface area contributed by atoms with E-state index < -0.39 is 5.82 Å². The van der Waals surface area contributed by atoms with E-state index in [1.165, 1.54) is 6.07 Å². The van der Waals surface area contributed by atoms with Gasteiger partial charge in [-0.2, -0.15) is 0 Å². The van der Waals surface area contributed by atoms with Crippen LogP contribution in [0.1, 0.15) is 17.5 Å². The van der Waals surface area contributed by atoms with E-state index in [4.69, 9.17) is 25.2 Å². The molecule has 1 rings (SSSR count). The van der Waals surface area contributed by atoms with E-state index in [1.807, 2.05) is 0 Å². The molecule has 0 fully saturated rings. The summed E-state index contributed by atoms with van der Waals surface area (Å²) in [6.45, 7) is 2.16. The standard InChI is InChI=1S/C14H21FN2O4/c1-19-6-3-7-20-8-9-21-10-11-4-2-5-12(13(11)15)14(16)17-18/h2,4-5,18H,3,6-10H2,1H3,(H2,16,17). The van der Waals surface area contributed by atoms with Crippen LogP contribution in [0.4, 0.5) is 4.39 Å². The van der Waals surface area contributed by atoms with Crippen molar-refractivity contribution in [3.8, 4) is 0 Å². The zero-order valence-corrected chi connectivity index (χ0v) is 12.0. The maximum Gasteiger partial charge on any atom is 0.173 e. The quantitative estimate of drug-likeness (QED) is 0.225. The normalized spacial score (nSPS) is 11.8. The second kappa shape index (κ2) is 10.1. The summed E-state index contributed by atoms with van der Waals surface area (Å²) in [7, 11) is 1.64. The Morgan fingerprint density at radius 3 is 2.71 bits per heavy atom. The molecular formula is C14H21FN2O4. The molecule has 0 unspecified atom stereocenters. The smallest absolute Gasteiger partial charge is 0.173 e. The summed E-state index contributed by atoms with van der Waals surface area (Å²) < 4.78 is 29.6. The average molecular weight is 300 g/mol. The lowest BCUT2D eigenvalue weighted by Crippen LogP contribution is -2.16. The van der Waals surface area contributed by atoms with Crippen molar-refractivity contribution in [2.45, 2.75) is 13.0 Å². The summed E-state index contributed by atoms with van der Waals surface area (Å²) >= 11 is 0. The van der Waals surface area contributed by atoms with Crippen molar-refractivity contribution in [1.82, 2.24) is 0 Å². The maximum absolute atomic E-state index is 14.0. The minimum atomic E-state index is -0.547. The third-order valence-electron chi connectivity index (χ3n) is 2.73. The lowest BCUT2D eigenvalue weighted by molar-refractivity contribution is 0.0329. The van der Waals surface area contributed by atoms with Gasteiger partial charge in [-0.15, -0.1) is 0 Å². The van der Waals surface area contributed by atoms with E-state index in [0.29, 0.717) is 32.0 Å². The van der Waals surface area contributed by atoms with Gasteiger partial charge in [0.2, 0.25) is 0 Å². The van der Waals surface area contributed by atoms with E-state index in [2.05, 4.69) is 5.16 Å². The Balaban J connectivity index is 2.33. The zero-order chi connectivity index (χ0) is 15.5. The molecule has 0 bridgehead atoms. The molecule has 0 saturated heterocycles. The second-order valence-corrected chi connectivity index (χ2v) is 4.28. The minimum Gasteiger partial charge on any atom is -0.409 e. The lowest BCUT2D eigenvalue weighted by atomic mass is 10.1. The topological polar surface area (TPSA) is 86.3 Å². The summed E-state index contributed by atoms with van der Waals surface area (Å²) in [5.41, 5.74) is 5.78. The van der Waals surface area contributed by atoms with Crippen molar-refractivity contribution in [2.24, 2.45) is 10.9 Å². The molecule has 0 saturated carbocycles. The Labute approximate surface area is 123 Å². The van der Waals surface area contributed by atoms with Gasteiger partial charge in [0.15, 0.2) is 5.84 Å². The second-order valence-electron chi connectivity index (χ2n) is 4.28. The number of amidine groups is 1. The first kappa shape index (κ1) is 17.4. The fraction of sp³-hybridized carbons (Fsp3) is 0.500. The highest BCUT2D eigenvalue weighted by molar-refractivity contribution is 5.97. The van der Waals surface area contributed by atoms with Gasteiger partial charge in [-0.1, -0.05) is 17.3 Å². The maximum atomic E-state index is 14.0. The number of benzene rings is 1. The fourth-order valence-corrected chi connectivity index (χ4v) is 1.65. The summed E-state index contributed by atoms with van der Waals surface area (Å²) in [5.74, 6) is -0.815. The molecule has 0 heterocycles. The predicted molar refractivity (Wildman–Crippen MR) is 75.9 cm³/mol. The highest BCUT2D eigenvalue weighted by atomic mass is 19.1. The third-order valence-corrected chi connectivity index (χ3v) is 2.73. The van der Waals surface area contributed by atoms with Crippen molar-refractivity contribution >= 4 is 5.84 Å². The Hall–Kier alpha value is -1.70. The highest BCUT2D eigenvalue weighted by Gasteiger charge is 2.11. The molecule has 0 aliphatic carbocycles. The van der Waals surface area contributed by atoms with Gasteiger partial charge in [-0.3, -0.25) is 0 Å². The lowest BCUT2D eigenvalue weighted by Gasteiger charge is -2.09. The third kappa shape index (κ3) is 6.07. The molecular weight excluding hydrogens is 279 g/mol. The first-order chi connectivity index (χ1) is 10.2. The number of ether oxygens (including phenoxy) is 3. The van der Waals surface area contributed by atoms with Crippen molar-refractivity contribution in [3.63, 3.8) is 0 Å². The van der Waals surface area contributed by atoms with Crippen LogP contribution in [-0.4, -0.2) is 44.6 Å². The van der Waals surface area contributed by atoms with Crippen molar-refractivity contribution in [2.75, 3.05) is 33.5 Å². The molecule has 0 aliphatic rings. The largest absolute Gasteiger partial charge is 0.409 e. The molecule has 3 N–H and O–H groups in total. The summed E-state index contributed by atoms with van der Waals surface area (Å²) in [6.07, 6.45) is 0.826. The van der Waals surface area contributed by atoms with Crippen molar-refractivity contribution in [1.29, 1.82) is 0 Å². The van der Waals surface area contributed by atoms with Gasteiger partial charge in [0.25, 0.3) is 0 Å². The van der Waals surface area contributed by atoms with Crippen LogP contribution in [0.2, 0.25) is 0 Å². The highest BCUT2D eigenvalue weighted by Crippen LogP contribution is 2.13. The fourth-order valence-electron chi connectivity index (χ4n) is 1.65. The number of oxime groups is 1. The summed E-state index contributed by atoms with van der Waals surface area (Å²) in [5, 5.41) is 11.4. The number of methoxy groups -OCH3 is 1. The van der Waals surface area contributed by atoms with Gasteiger partial charge in [-0.25, -0.2) is 4.39 Å². The molecule has 6 nitrogen and oxygen atoms in total. The van der Waals surface area contributed by atoms with E-state index in [1.54, 1.807) is 19.2 Å². The Morgan fingerprint density at radius 2 is 2.00 bits per heavy atom. The Bertz CT molecular complexity index is 455. The van der Waals surface area contributed by atoms with Crippen molar-refractivity contribution < 1.29 is 23.8 Å². The Kier molecular flexibility index (Phi) is 8.34.